The van der Waals surface area contributed by atoms with Gasteiger partial charge in [-0.3, -0.25) is 0 Å². The summed E-state index contributed by atoms with van der Waals surface area (Å²) < 4.78 is 13.1. The molecule has 1 unspecified atom stereocenters. The molecule has 1 nitrogen and oxygen atoms in total. The maximum atomic E-state index is 13.1. The van der Waals surface area contributed by atoms with Crippen LogP contribution in [0.5, 0.6) is 0 Å². The summed E-state index contributed by atoms with van der Waals surface area (Å²) in [6.07, 6.45) is 1.93. The van der Waals surface area contributed by atoms with Crippen LogP contribution >= 0.6 is 0 Å². The average molecular weight is 221 g/mol. The molecule has 0 amide bonds. The maximum absolute atomic E-state index is 13.1. The molecule has 2 heteroatoms. The number of benzene rings is 1. The molecule has 0 heterocycles. The lowest BCUT2D eigenvalue weighted by molar-refractivity contribution is 0.510. The fraction of sp³-hybridized carbons (Fsp3) is 0.429. The van der Waals surface area contributed by atoms with E-state index in [1.54, 1.807) is 12.1 Å². The van der Waals surface area contributed by atoms with Crippen molar-refractivity contribution >= 4 is 0 Å². The van der Waals surface area contributed by atoms with Crippen LogP contribution in [0.1, 0.15) is 38.3 Å². The van der Waals surface area contributed by atoms with Gasteiger partial charge in [-0.15, -0.1) is 6.58 Å². The number of hydrogen-bond donors (Lipinski definition) is 1. The molecule has 1 atom stereocenters. The van der Waals surface area contributed by atoms with Crippen molar-refractivity contribution in [2.75, 3.05) is 6.54 Å². The predicted molar refractivity (Wildman–Crippen MR) is 66.9 cm³/mol. The summed E-state index contributed by atoms with van der Waals surface area (Å²) >= 11 is 0. The van der Waals surface area contributed by atoms with E-state index in [9.17, 15) is 4.39 Å². The molecule has 1 rings (SSSR count). The van der Waals surface area contributed by atoms with E-state index < -0.39 is 0 Å². The SMILES string of the molecule is C=C(C)CCC(NCC)c1cccc(F)c1. The quantitative estimate of drug-likeness (QED) is 0.720. The number of halogens is 1. The van der Waals surface area contributed by atoms with Gasteiger partial charge in [0.1, 0.15) is 5.82 Å². The number of nitrogens with one attached hydrogen (secondary N) is 1. The van der Waals surface area contributed by atoms with Gasteiger partial charge >= 0.3 is 0 Å². The van der Waals surface area contributed by atoms with Crippen LogP contribution < -0.4 is 5.32 Å². The Bertz CT molecular complexity index is 346. The van der Waals surface area contributed by atoms with E-state index in [0.717, 1.165) is 24.9 Å². The predicted octanol–water partition coefficient (Wildman–Crippen LogP) is 3.83. The highest BCUT2D eigenvalue weighted by Gasteiger charge is 2.10. The van der Waals surface area contributed by atoms with Crippen molar-refractivity contribution in [1.29, 1.82) is 0 Å². The van der Waals surface area contributed by atoms with E-state index >= 15 is 0 Å². The Kier molecular flexibility index (Phi) is 5.20. The standard InChI is InChI=1S/C14H20FN/c1-4-16-14(9-8-11(2)3)12-6-5-7-13(15)10-12/h5-7,10,14,16H,2,4,8-9H2,1,3H3. The molecular formula is C14H20FN. The molecule has 0 aliphatic carbocycles. The van der Waals surface area contributed by atoms with Crippen LogP contribution in [0.25, 0.3) is 0 Å². The highest BCUT2D eigenvalue weighted by atomic mass is 19.1. The van der Waals surface area contributed by atoms with E-state index in [1.165, 1.54) is 11.6 Å². The molecule has 1 aromatic rings. The van der Waals surface area contributed by atoms with Gasteiger partial charge in [0.15, 0.2) is 0 Å². The third-order valence-corrected chi connectivity index (χ3v) is 2.56. The normalized spacial score (nSPS) is 12.4. The summed E-state index contributed by atoms with van der Waals surface area (Å²) in [5.74, 6) is -0.171. The van der Waals surface area contributed by atoms with Gasteiger partial charge in [0.05, 0.1) is 0 Å². The summed E-state index contributed by atoms with van der Waals surface area (Å²) in [6, 6.07) is 7.03. The monoisotopic (exact) mass is 221 g/mol. The highest BCUT2D eigenvalue weighted by Crippen LogP contribution is 2.20. The molecule has 0 bridgehead atoms. The van der Waals surface area contributed by atoms with Crippen LogP contribution in [0.2, 0.25) is 0 Å². The minimum absolute atomic E-state index is 0.171. The second kappa shape index (κ2) is 6.44. The van der Waals surface area contributed by atoms with Gasteiger partial charge in [0.25, 0.3) is 0 Å². The Labute approximate surface area is 97.4 Å². The zero-order chi connectivity index (χ0) is 12.0. The minimum Gasteiger partial charge on any atom is -0.310 e. The molecule has 1 N–H and O–H groups in total. The van der Waals surface area contributed by atoms with Gasteiger partial charge < -0.3 is 5.32 Å². The van der Waals surface area contributed by atoms with Gasteiger partial charge in [0, 0.05) is 6.04 Å². The van der Waals surface area contributed by atoms with Gasteiger partial charge in [-0.25, -0.2) is 4.39 Å². The first-order chi connectivity index (χ1) is 7.63. The summed E-state index contributed by atoms with van der Waals surface area (Å²) in [5.41, 5.74) is 2.18. The first-order valence-corrected chi connectivity index (χ1v) is 5.76. The van der Waals surface area contributed by atoms with Crippen LogP contribution in [0.4, 0.5) is 4.39 Å². The van der Waals surface area contributed by atoms with Gasteiger partial charge in [0.2, 0.25) is 0 Å². The lowest BCUT2D eigenvalue weighted by atomic mass is 10.00. The van der Waals surface area contributed by atoms with E-state index in [0.29, 0.717) is 0 Å². The lowest BCUT2D eigenvalue weighted by Crippen LogP contribution is -2.21. The van der Waals surface area contributed by atoms with Crippen molar-refractivity contribution in [3.63, 3.8) is 0 Å². The molecule has 0 saturated heterocycles. The van der Waals surface area contributed by atoms with Crippen molar-refractivity contribution in [2.45, 2.75) is 32.7 Å². The fourth-order valence-electron chi connectivity index (χ4n) is 1.75. The molecule has 0 aliphatic rings. The van der Waals surface area contributed by atoms with Crippen molar-refractivity contribution in [2.24, 2.45) is 0 Å². The third-order valence-electron chi connectivity index (χ3n) is 2.56. The third kappa shape index (κ3) is 4.15. The van der Waals surface area contributed by atoms with Gasteiger partial charge in [-0.2, -0.15) is 0 Å². The number of hydrogen-bond acceptors (Lipinski definition) is 1. The van der Waals surface area contributed by atoms with Crippen molar-refractivity contribution in [3.05, 3.63) is 47.8 Å². The van der Waals surface area contributed by atoms with Crippen LogP contribution in [0.3, 0.4) is 0 Å². The smallest absolute Gasteiger partial charge is 0.123 e. The molecule has 0 fully saturated rings. The Morgan fingerprint density at radius 1 is 1.50 bits per heavy atom. The second-order valence-electron chi connectivity index (χ2n) is 4.16. The number of rotatable bonds is 6. The topological polar surface area (TPSA) is 12.0 Å². The first kappa shape index (κ1) is 12.9. The molecule has 16 heavy (non-hydrogen) atoms. The Morgan fingerprint density at radius 3 is 2.81 bits per heavy atom. The highest BCUT2D eigenvalue weighted by molar-refractivity contribution is 5.20. The van der Waals surface area contributed by atoms with E-state index in [-0.39, 0.29) is 11.9 Å². The fourth-order valence-corrected chi connectivity index (χ4v) is 1.75. The summed E-state index contributed by atoms with van der Waals surface area (Å²) in [4.78, 5) is 0. The van der Waals surface area contributed by atoms with Crippen molar-refractivity contribution in [3.8, 4) is 0 Å². The zero-order valence-electron chi connectivity index (χ0n) is 10.1. The van der Waals surface area contributed by atoms with Gasteiger partial charge in [-0.1, -0.05) is 24.6 Å². The first-order valence-electron chi connectivity index (χ1n) is 5.76. The van der Waals surface area contributed by atoms with Crippen LogP contribution in [0.15, 0.2) is 36.4 Å². The van der Waals surface area contributed by atoms with E-state index in [2.05, 4.69) is 18.8 Å². The van der Waals surface area contributed by atoms with Crippen LogP contribution in [-0.2, 0) is 0 Å². The number of allylic oxidation sites excluding steroid dienone is 1. The molecular weight excluding hydrogens is 201 g/mol. The summed E-state index contributed by atoms with van der Waals surface area (Å²) in [5, 5.41) is 3.37. The average Bonchev–Trinajstić information content (AvgIpc) is 2.24. The molecule has 0 aromatic heterocycles. The summed E-state index contributed by atoms with van der Waals surface area (Å²) in [7, 11) is 0. The molecule has 88 valence electrons. The van der Waals surface area contributed by atoms with E-state index in [4.69, 9.17) is 0 Å². The van der Waals surface area contributed by atoms with E-state index in [1.807, 2.05) is 13.0 Å². The van der Waals surface area contributed by atoms with Crippen molar-refractivity contribution in [1.82, 2.24) is 5.32 Å². The maximum Gasteiger partial charge on any atom is 0.123 e. The molecule has 1 aromatic carbocycles. The molecule has 0 radical (unpaired) electrons. The lowest BCUT2D eigenvalue weighted by Gasteiger charge is -2.18. The van der Waals surface area contributed by atoms with Crippen LogP contribution in [-0.4, -0.2) is 6.54 Å². The minimum atomic E-state index is -0.171. The second-order valence-corrected chi connectivity index (χ2v) is 4.16. The van der Waals surface area contributed by atoms with Crippen molar-refractivity contribution < 1.29 is 4.39 Å². The molecule has 0 spiro atoms. The Morgan fingerprint density at radius 2 is 2.25 bits per heavy atom. The Balaban J connectivity index is 2.72. The van der Waals surface area contributed by atoms with Crippen LogP contribution in [0, 0.1) is 5.82 Å². The van der Waals surface area contributed by atoms with Gasteiger partial charge in [-0.05, 0) is 44.0 Å². The zero-order valence-corrected chi connectivity index (χ0v) is 10.1. The largest absolute Gasteiger partial charge is 0.310 e. The molecule has 0 aliphatic heterocycles. The Hall–Kier alpha value is -1.15. The molecule has 0 saturated carbocycles. The summed E-state index contributed by atoms with van der Waals surface area (Å²) in [6.45, 7) is 8.87.